The minimum atomic E-state index is 0.266. The van der Waals surface area contributed by atoms with Crippen LogP contribution in [0.25, 0.3) is 10.1 Å². The van der Waals surface area contributed by atoms with Gasteiger partial charge in [0, 0.05) is 11.1 Å². The lowest BCUT2D eigenvalue weighted by Crippen LogP contribution is -1.88. The first-order valence-electron chi connectivity index (χ1n) is 3.44. The molecular weight excluding hydrogens is 172 g/mol. The zero-order valence-electron chi connectivity index (χ0n) is 6.24. The number of rotatable bonds is 0. The van der Waals surface area contributed by atoms with Crippen LogP contribution in [-0.4, -0.2) is 5.11 Å². The van der Waals surface area contributed by atoms with Gasteiger partial charge in [-0.15, -0.1) is 0 Å². The Morgan fingerprint density at radius 3 is 2.67 bits per heavy atom. The van der Waals surface area contributed by atoms with E-state index >= 15 is 0 Å². The maximum atomic E-state index is 9.19. The molecule has 62 valence electrons. The van der Waals surface area contributed by atoms with E-state index in [2.05, 4.69) is 0 Å². The molecule has 0 saturated carbocycles. The summed E-state index contributed by atoms with van der Waals surface area (Å²) in [7, 11) is 0. The summed E-state index contributed by atoms with van der Waals surface area (Å²) in [5.41, 5.74) is 12.5. The zero-order chi connectivity index (χ0) is 8.72. The van der Waals surface area contributed by atoms with Crippen molar-refractivity contribution in [3.8, 4) is 5.06 Å². The van der Waals surface area contributed by atoms with Gasteiger partial charge in [-0.25, -0.2) is 0 Å². The van der Waals surface area contributed by atoms with Crippen molar-refractivity contribution >= 4 is 32.8 Å². The van der Waals surface area contributed by atoms with Crippen molar-refractivity contribution in [1.82, 2.24) is 0 Å². The third-order valence-corrected chi connectivity index (χ3v) is 2.66. The average Bonchev–Trinajstić information content (AvgIpc) is 2.29. The third-order valence-electron chi connectivity index (χ3n) is 1.65. The van der Waals surface area contributed by atoms with Crippen LogP contribution in [0.5, 0.6) is 5.06 Å². The molecule has 1 aromatic heterocycles. The van der Waals surface area contributed by atoms with Crippen LogP contribution in [0, 0.1) is 0 Å². The smallest absolute Gasteiger partial charge is 0.172 e. The number of hydrogen-bond donors (Lipinski definition) is 3. The van der Waals surface area contributed by atoms with Crippen LogP contribution >= 0.6 is 11.3 Å². The van der Waals surface area contributed by atoms with Crippen LogP contribution in [0.2, 0.25) is 0 Å². The molecule has 12 heavy (non-hydrogen) atoms. The van der Waals surface area contributed by atoms with Crippen LogP contribution < -0.4 is 11.5 Å². The summed E-state index contributed by atoms with van der Waals surface area (Å²) in [6.07, 6.45) is 0. The minimum absolute atomic E-state index is 0.266. The Morgan fingerprint density at radius 1 is 1.17 bits per heavy atom. The van der Waals surface area contributed by atoms with Gasteiger partial charge in [-0.2, -0.15) is 0 Å². The molecule has 3 nitrogen and oxygen atoms in total. The molecule has 0 radical (unpaired) electrons. The largest absolute Gasteiger partial charge is 0.499 e. The molecular formula is C8H8N2OS. The molecule has 0 aliphatic carbocycles. The SMILES string of the molecule is Nc1cc(N)c2sc(O)cc2c1. The number of benzene rings is 1. The van der Waals surface area contributed by atoms with E-state index in [0.29, 0.717) is 11.4 Å². The first-order chi connectivity index (χ1) is 5.66. The van der Waals surface area contributed by atoms with Gasteiger partial charge in [0.2, 0.25) is 0 Å². The molecule has 1 aromatic carbocycles. The summed E-state index contributed by atoms with van der Waals surface area (Å²) in [5.74, 6) is 0. The number of anilines is 2. The van der Waals surface area contributed by atoms with Gasteiger partial charge >= 0.3 is 0 Å². The van der Waals surface area contributed by atoms with Crippen molar-refractivity contribution in [2.45, 2.75) is 0 Å². The molecule has 0 aliphatic heterocycles. The predicted molar refractivity (Wildman–Crippen MR) is 52.3 cm³/mol. The molecule has 2 rings (SSSR count). The van der Waals surface area contributed by atoms with Crippen molar-refractivity contribution in [3.63, 3.8) is 0 Å². The van der Waals surface area contributed by atoms with Gasteiger partial charge in [0.1, 0.15) is 0 Å². The van der Waals surface area contributed by atoms with Crippen molar-refractivity contribution in [2.75, 3.05) is 11.5 Å². The second-order valence-electron chi connectivity index (χ2n) is 2.61. The summed E-state index contributed by atoms with van der Waals surface area (Å²) >= 11 is 1.26. The van der Waals surface area contributed by atoms with Crippen molar-refractivity contribution in [2.24, 2.45) is 0 Å². The number of nitrogen functional groups attached to an aromatic ring is 2. The fraction of sp³-hybridized carbons (Fsp3) is 0. The number of nitrogens with two attached hydrogens (primary N) is 2. The lowest BCUT2D eigenvalue weighted by atomic mass is 10.2. The van der Waals surface area contributed by atoms with Crippen LogP contribution in [0.3, 0.4) is 0 Å². The van der Waals surface area contributed by atoms with Crippen LogP contribution in [0.15, 0.2) is 18.2 Å². The van der Waals surface area contributed by atoms with E-state index in [-0.39, 0.29) is 5.06 Å². The normalized spacial score (nSPS) is 10.7. The fourth-order valence-electron chi connectivity index (χ4n) is 1.19. The van der Waals surface area contributed by atoms with Crippen LogP contribution in [-0.2, 0) is 0 Å². The van der Waals surface area contributed by atoms with Crippen LogP contribution in [0.4, 0.5) is 11.4 Å². The Balaban J connectivity index is 2.88. The lowest BCUT2D eigenvalue weighted by Gasteiger charge is -1.96. The standard InChI is InChI=1S/C8H8N2OS/c9-5-1-4-2-7(11)12-8(4)6(10)3-5/h1-3,11H,9-10H2. The Bertz CT molecular complexity index is 436. The van der Waals surface area contributed by atoms with Gasteiger partial charge in [0.25, 0.3) is 0 Å². The van der Waals surface area contributed by atoms with E-state index in [1.165, 1.54) is 11.3 Å². The van der Waals surface area contributed by atoms with Crippen molar-refractivity contribution in [1.29, 1.82) is 0 Å². The van der Waals surface area contributed by atoms with Crippen LogP contribution in [0.1, 0.15) is 0 Å². The maximum absolute atomic E-state index is 9.19. The van der Waals surface area contributed by atoms with Gasteiger partial charge in [-0.1, -0.05) is 11.3 Å². The van der Waals surface area contributed by atoms with Gasteiger partial charge in [-0.3, -0.25) is 0 Å². The molecule has 4 heteroatoms. The van der Waals surface area contributed by atoms with E-state index in [1.807, 2.05) is 0 Å². The molecule has 2 aromatic rings. The topological polar surface area (TPSA) is 72.3 Å². The van der Waals surface area contributed by atoms with Crippen molar-refractivity contribution < 1.29 is 5.11 Å². The summed E-state index contributed by atoms with van der Waals surface area (Å²) < 4.78 is 0.890. The molecule has 1 heterocycles. The van der Waals surface area contributed by atoms with E-state index in [9.17, 15) is 5.11 Å². The number of fused-ring (bicyclic) bond motifs is 1. The molecule has 0 bridgehead atoms. The first kappa shape index (κ1) is 7.24. The summed E-state index contributed by atoms with van der Waals surface area (Å²) in [6.45, 7) is 0. The molecule has 0 amide bonds. The van der Waals surface area contributed by atoms with Gasteiger partial charge in [0.15, 0.2) is 5.06 Å². The molecule has 0 aliphatic rings. The van der Waals surface area contributed by atoms with Crippen molar-refractivity contribution in [3.05, 3.63) is 18.2 Å². The van der Waals surface area contributed by atoms with Gasteiger partial charge in [0.05, 0.1) is 10.4 Å². The number of hydrogen-bond acceptors (Lipinski definition) is 4. The average molecular weight is 180 g/mol. The Morgan fingerprint density at radius 2 is 1.92 bits per heavy atom. The monoisotopic (exact) mass is 180 g/mol. The molecule has 0 spiro atoms. The Labute approximate surface area is 73.2 Å². The Kier molecular flexibility index (Phi) is 1.38. The van der Waals surface area contributed by atoms with Gasteiger partial charge in [-0.05, 0) is 18.2 Å². The van der Waals surface area contributed by atoms with E-state index < -0.39 is 0 Å². The molecule has 0 saturated heterocycles. The minimum Gasteiger partial charge on any atom is -0.499 e. The van der Waals surface area contributed by atoms with E-state index in [1.54, 1.807) is 18.2 Å². The first-order valence-corrected chi connectivity index (χ1v) is 4.26. The molecule has 0 atom stereocenters. The second-order valence-corrected chi connectivity index (χ2v) is 3.64. The quantitative estimate of drug-likeness (QED) is 0.541. The second kappa shape index (κ2) is 2.28. The summed E-state index contributed by atoms with van der Waals surface area (Å²) in [5, 5.41) is 10.4. The predicted octanol–water partition coefficient (Wildman–Crippen LogP) is 1.77. The highest BCUT2D eigenvalue weighted by molar-refractivity contribution is 7.21. The highest BCUT2D eigenvalue weighted by atomic mass is 32.1. The highest BCUT2D eigenvalue weighted by Gasteiger charge is 2.04. The third kappa shape index (κ3) is 0.967. The van der Waals surface area contributed by atoms with E-state index in [0.717, 1.165) is 10.1 Å². The Hall–Kier alpha value is -1.42. The van der Waals surface area contributed by atoms with Gasteiger partial charge < -0.3 is 16.6 Å². The maximum Gasteiger partial charge on any atom is 0.172 e. The zero-order valence-corrected chi connectivity index (χ0v) is 7.06. The highest BCUT2D eigenvalue weighted by Crippen LogP contribution is 2.35. The molecule has 0 unspecified atom stereocenters. The summed E-state index contributed by atoms with van der Waals surface area (Å²) in [4.78, 5) is 0. The number of thiophene rings is 1. The molecule has 5 N–H and O–H groups in total. The van der Waals surface area contributed by atoms with E-state index in [4.69, 9.17) is 11.5 Å². The fourth-order valence-corrected chi connectivity index (χ4v) is 2.00. The molecule has 0 fully saturated rings. The lowest BCUT2D eigenvalue weighted by molar-refractivity contribution is 0.491. The number of aromatic hydroxyl groups is 1. The summed E-state index contributed by atoms with van der Waals surface area (Å²) in [6, 6.07) is 5.15.